The summed E-state index contributed by atoms with van der Waals surface area (Å²) in [5, 5.41) is 0. The summed E-state index contributed by atoms with van der Waals surface area (Å²) in [6.07, 6.45) is -1.46. The highest BCUT2D eigenvalue weighted by atomic mass is 19.4. The van der Waals surface area contributed by atoms with E-state index in [1.54, 1.807) is 0 Å². The maximum atomic E-state index is 13.2. The number of hydrogen-bond donors (Lipinski definition) is 0. The SMILES string of the molecule is COC(c1cc(C2CC2)ccc1C)c1nccc(C(F)(F)F)c1C. The van der Waals surface area contributed by atoms with Crippen LogP contribution in [0.1, 0.15) is 58.4 Å². The van der Waals surface area contributed by atoms with Crippen LogP contribution in [0.15, 0.2) is 30.5 Å². The zero-order chi connectivity index (χ0) is 17.5. The van der Waals surface area contributed by atoms with Crippen molar-refractivity contribution in [2.45, 2.75) is 44.9 Å². The lowest BCUT2D eigenvalue weighted by molar-refractivity contribution is -0.138. The summed E-state index contributed by atoms with van der Waals surface area (Å²) in [7, 11) is 1.51. The Morgan fingerprint density at radius 2 is 1.88 bits per heavy atom. The Hall–Kier alpha value is -1.88. The van der Waals surface area contributed by atoms with E-state index in [0.717, 1.165) is 17.2 Å². The van der Waals surface area contributed by atoms with Gasteiger partial charge in [0.05, 0.1) is 11.3 Å². The van der Waals surface area contributed by atoms with Crippen LogP contribution in [-0.4, -0.2) is 12.1 Å². The number of aryl methyl sites for hydroxylation is 1. The third-order valence-corrected chi connectivity index (χ3v) is 4.67. The largest absolute Gasteiger partial charge is 0.416 e. The van der Waals surface area contributed by atoms with E-state index in [2.05, 4.69) is 17.1 Å². The van der Waals surface area contributed by atoms with E-state index in [-0.39, 0.29) is 5.56 Å². The zero-order valence-corrected chi connectivity index (χ0v) is 13.9. The molecule has 0 aliphatic heterocycles. The summed E-state index contributed by atoms with van der Waals surface area (Å²) in [4.78, 5) is 4.21. The van der Waals surface area contributed by atoms with Crippen molar-refractivity contribution < 1.29 is 17.9 Å². The van der Waals surface area contributed by atoms with Gasteiger partial charge in [-0.15, -0.1) is 0 Å². The fourth-order valence-corrected chi connectivity index (χ4v) is 3.12. The monoisotopic (exact) mass is 335 g/mol. The number of hydrogen-bond acceptors (Lipinski definition) is 2. The fourth-order valence-electron chi connectivity index (χ4n) is 3.12. The summed E-state index contributed by atoms with van der Waals surface area (Å²) < 4.78 is 45.1. The maximum Gasteiger partial charge on any atom is 0.416 e. The van der Waals surface area contributed by atoms with Gasteiger partial charge in [0, 0.05) is 13.3 Å². The van der Waals surface area contributed by atoms with Gasteiger partial charge in [-0.3, -0.25) is 4.98 Å². The van der Waals surface area contributed by atoms with Gasteiger partial charge in [0.25, 0.3) is 0 Å². The number of aromatic nitrogens is 1. The predicted octanol–water partition coefficient (Wildman–Crippen LogP) is 5.33. The topological polar surface area (TPSA) is 22.1 Å². The van der Waals surface area contributed by atoms with Crippen LogP contribution < -0.4 is 0 Å². The highest BCUT2D eigenvalue weighted by Crippen LogP contribution is 2.42. The number of methoxy groups -OCH3 is 1. The molecule has 3 rings (SSSR count). The van der Waals surface area contributed by atoms with Crippen molar-refractivity contribution in [2.75, 3.05) is 7.11 Å². The molecule has 1 unspecified atom stereocenters. The van der Waals surface area contributed by atoms with Crippen molar-refractivity contribution in [3.63, 3.8) is 0 Å². The Morgan fingerprint density at radius 1 is 1.17 bits per heavy atom. The molecule has 0 saturated heterocycles. The molecule has 128 valence electrons. The molecule has 0 spiro atoms. The van der Waals surface area contributed by atoms with Crippen molar-refractivity contribution in [1.82, 2.24) is 4.98 Å². The molecule has 1 atom stereocenters. The minimum Gasteiger partial charge on any atom is -0.370 e. The van der Waals surface area contributed by atoms with Gasteiger partial charge in [-0.2, -0.15) is 13.2 Å². The van der Waals surface area contributed by atoms with Crippen molar-refractivity contribution >= 4 is 0 Å². The minimum absolute atomic E-state index is 0.119. The number of benzene rings is 1. The second kappa shape index (κ2) is 6.20. The Bertz CT molecular complexity index is 751. The number of halogens is 3. The molecule has 1 aliphatic rings. The third-order valence-electron chi connectivity index (χ3n) is 4.67. The Balaban J connectivity index is 2.08. The molecule has 5 heteroatoms. The quantitative estimate of drug-likeness (QED) is 0.753. The van der Waals surface area contributed by atoms with E-state index in [1.807, 2.05) is 13.0 Å². The van der Waals surface area contributed by atoms with Crippen LogP contribution in [0, 0.1) is 13.8 Å². The summed E-state index contributed by atoms with van der Waals surface area (Å²) >= 11 is 0. The first-order chi connectivity index (χ1) is 11.3. The molecule has 0 radical (unpaired) electrons. The van der Waals surface area contributed by atoms with Gasteiger partial charge in [0.15, 0.2) is 0 Å². The van der Waals surface area contributed by atoms with Crippen LogP contribution in [0.25, 0.3) is 0 Å². The van der Waals surface area contributed by atoms with Gasteiger partial charge in [-0.05, 0) is 60.9 Å². The molecular weight excluding hydrogens is 315 g/mol. The second-order valence-corrected chi connectivity index (χ2v) is 6.37. The smallest absolute Gasteiger partial charge is 0.370 e. The summed E-state index contributed by atoms with van der Waals surface area (Å²) in [6.45, 7) is 3.40. The Labute approximate surface area is 139 Å². The molecular formula is C19H20F3NO. The van der Waals surface area contributed by atoms with E-state index >= 15 is 0 Å². The maximum absolute atomic E-state index is 13.2. The van der Waals surface area contributed by atoms with Crippen molar-refractivity contribution in [3.8, 4) is 0 Å². The molecule has 0 N–H and O–H groups in total. The van der Waals surface area contributed by atoms with Gasteiger partial charge in [-0.1, -0.05) is 18.2 Å². The Morgan fingerprint density at radius 3 is 2.46 bits per heavy atom. The summed E-state index contributed by atoms with van der Waals surface area (Å²) in [5.74, 6) is 0.567. The number of alkyl halides is 3. The highest BCUT2D eigenvalue weighted by Gasteiger charge is 2.35. The predicted molar refractivity (Wildman–Crippen MR) is 86.0 cm³/mol. The van der Waals surface area contributed by atoms with Gasteiger partial charge in [0.2, 0.25) is 0 Å². The van der Waals surface area contributed by atoms with E-state index in [1.165, 1.54) is 38.6 Å². The van der Waals surface area contributed by atoms with Crippen LogP contribution in [0.4, 0.5) is 13.2 Å². The normalized spacial score (nSPS) is 16.2. The average molecular weight is 335 g/mol. The van der Waals surface area contributed by atoms with Crippen LogP contribution in [0.2, 0.25) is 0 Å². The number of pyridine rings is 1. The number of nitrogens with zero attached hydrogens (tertiary/aromatic N) is 1. The first-order valence-electron chi connectivity index (χ1n) is 7.99. The van der Waals surface area contributed by atoms with Crippen LogP contribution in [-0.2, 0) is 10.9 Å². The van der Waals surface area contributed by atoms with E-state index in [4.69, 9.17) is 4.74 Å². The molecule has 1 aromatic heterocycles. The van der Waals surface area contributed by atoms with E-state index < -0.39 is 17.8 Å². The van der Waals surface area contributed by atoms with Crippen LogP contribution in [0.3, 0.4) is 0 Å². The van der Waals surface area contributed by atoms with E-state index in [0.29, 0.717) is 11.6 Å². The Kier molecular flexibility index (Phi) is 4.38. The summed E-state index contributed by atoms with van der Waals surface area (Å²) in [5.41, 5.74) is 2.88. The lowest BCUT2D eigenvalue weighted by atomic mass is 9.93. The molecule has 1 saturated carbocycles. The second-order valence-electron chi connectivity index (χ2n) is 6.37. The fraction of sp³-hybridized carbons (Fsp3) is 0.421. The lowest BCUT2D eigenvalue weighted by Gasteiger charge is -2.22. The average Bonchev–Trinajstić information content (AvgIpc) is 3.35. The number of rotatable bonds is 4. The first kappa shape index (κ1) is 17.0. The third kappa shape index (κ3) is 3.18. The lowest BCUT2D eigenvalue weighted by Crippen LogP contribution is -2.15. The minimum atomic E-state index is -4.40. The van der Waals surface area contributed by atoms with Crippen molar-refractivity contribution in [1.29, 1.82) is 0 Å². The van der Waals surface area contributed by atoms with E-state index in [9.17, 15) is 13.2 Å². The molecule has 1 aromatic carbocycles. The first-order valence-corrected chi connectivity index (χ1v) is 7.99. The van der Waals surface area contributed by atoms with Gasteiger partial charge < -0.3 is 4.74 Å². The van der Waals surface area contributed by atoms with Crippen LogP contribution >= 0.6 is 0 Å². The molecule has 2 nitrogen and oxygen atoms in total. The number of ether oxygens (including phenoxy) is 1. The molecule has 1 fully saturated rings. The molecule has 1 heterocycles. The van der Waals surface area contributed by atoms with Crippen LogP contribution in [0.5, 0.6) is 0 Å². The molecule has 24 heavy (non-hydrogen) atoms. The molecule has 1 aliphatic carbocycles. The highest BCUT2D eigenvalue weighted by molar-refractivity contribution is 5.42. The molecule has 2 aromatic rings. The van der Waals surface area contributed by atoms with Crippen molar-refractivity contribution in [3.05, 3.63) is 64.0 Å². The standard InChI is InChI=1S/C19H20F3NO/c1-11-4-5-14(13-6-7-13)10-15(11)18(24-3)17-12(2)16(8-9-23-17)19(20,21)22/h4-5,8-10,13,18H,6-7H2,1-3H3. The molecule has 0 amide bonds. The van der Waals surface area contributed by atoms with Crippen molar-refractivity contribution in [2.24, 2.45) is 0 Å². The van der Waals surface area contributed by atoms with Gasteiger partial charge >= 0.3 is 6.18 Å². The van der Waals surface area contributed by atoms with Gasteiger partial charge in [-0.25, -0.2) is 0 Å². The molecule has 0 bridgehead atoms. The summed E-state index contributed by atoms with van der Waals surface area (Å²) in [6, 6.07) is 7.18. The van der Waals surface area contributed by atoms with Gasteiger partial charge in [0.1, 0.15) is 6.10 Å². The zero-order valence-electron chi connectivity index (χ0n) is 13.9.